The van der Waals surface area contributed by atoms with Crippen molar-refractivity contribution in [3.63, 3.8) is 0 Å². The average Bonchev–Trinajstić information content (AvgIpc) is 3.23. The highest BCUT2D eigenvalue weighted by Gasteiger charge is 2.17. The number of amides is 1. The molecule has 0 aliphatic rings. The zero-order valence-corrected chi connectivity index (χ0v) is 15.8. The Morgan fingerprint density at radius 2 is 2.15 bits per heavy atom. The lowest BCUT2D eigenvalue weighted by atomic mass is 10.2. The first kappa shape index (κ1) is 17.4. The molecule has 0 unspecified atom stereocenters. The summed E-state index contributed by atoms with van der Waals surface area (Å²) in [5, 5.41) is 3.97. The number of pyridine rings is 1. The van der Waals surface area contributed by atoms with E-state index < -0.39 is 0 Å². The van der Waals surface area contributed by atoms with Crippen molar-refractivity contribution in [2.75, 3.05) is 0 Å². The van der Waals surface area contributed by atoms with E-state index in [1.165, 1.54) is 0 Å². The van der Waals surface area contributed by atoms with E-state index in [1.54, 1.807) is 34.1 Å². The van der Waals surface area contributed by atoms with Gasteiger partial charge in [-0.1, -0.05) is 13.0 Å². The molecule has 27 heavy (non-hydrogen) atoms. The van der Waals surface area contributed by atoms with E-state index in [2.05, 4.69) is 21.4 Å². The largest absolute Gasteiger partial charge is 0.348 e. The monoisotopic (exact) mass is 378 g/mol. The summed E-state index contributed by atoms with van der Waals surface area (Å²) >= 11 is 1.64. The van der Waals surface area contributed by atoms with E-state index in [0.717, 1.165) is 27.1 Å². The minimum Gasteiger partial charge on any atom is -0.348 e. The molecule has 6 nitrogen and oxygen atoms in total. The van der Waals surface area contributed by atoms with Crippen molar-refractivity contribution in [3.8, 4) is 0 Å². The Labute approximate surface area is 159 Å². The Morgan fingerprint density at radius 3 is 2.93 bits per heavy atom. The van der Waals surface area contributed by atoms with Gasteiger partial charge in [-0.25, -0.2) is 9.97 Å². The second kappa shape index (κ2) is 6.92. The molecule has 0 aliphatic heterocycles. The van der Waals surface area contributed by atoms with Gasteiger partial charge in [0.1, 0.15) is 11.3 Å². The highest BCUT2D eigenvalue weighted by molar-refractivity contribution is 7.18. The van der Waals surface area contributed by atoms with Crippen LogP contribution in [0.25, 0.3) is 15.9 Å². The Balaban J connectivity index is 1.60. The fourth-order valence-electron chi connectivity index (χ4n) is 3.17. The molecule has 1 N–H and O–H groups in total. The number of benzene rings is 1. The molecule has 3 aromatic heterocycles. The third-order valence-electron chi connectivity index (χ3n) is 4.47. The van der Waals surface area contributed by atoms with Crippen LogP contribution in [0.15, 0.2) is 36.5 Å². The van der Waals surface area contributed by atoms with Crippen molar-refractivity contribution in [2.45, 2.75) is 26.8 Å². The molecular weight excluding hydrogens is 360 g/mol. The first-order valence-electron chi connectivity index (χ1n) is 8.70. The lowest BCUT2D eigenvalue weighted by Gasteiger charge is -2.07. The molecule has 0 bridgehead atoms. The number of rotatable bonds is 5. The van der Waals surface area contributed by atoms with Gasteiger partial charge in [0.05, 0.1) is 26.5 Å². The van der Waals surface area contributed by atoms with Crippen LogP contribution < -0.4 is 5.32 Å². The molecule has 4 rings (SSSR count). The molecule has 0 fully saturated rings. The van der Waals surface area contributed by atoms with E-state index in [4.69, 9.17) is 0 Å². The van der Waals surface area contributed by atoms with Gasteiger partial charge < -0.3 is 5.32 Å². The quantitative estimate of drug-likeness (QED) is 0.539. The van der Waals surface area contributed by atoms with Crippen LogP contribution in [0.4, 0.5) is 0 Å². The van der Waals surface area contributed by atoms with E-state index >= 15 is 0 Å². The normalized spacial score (nSPS) is 11.2. The molecule has 0 atom stereocenters. The molecule has 0 saturated heterocycles. The number of hydrogen-bond donors (Lipinski definition) is 1. The number of nitrogens with zero attached hydrogens (tertiary/aromatic N) is 3. The predicted octanol–water partition coefficient (Wildman–Crippen LogP) is 3.56. The van der Waals surface area contributed by atoms with Gasteiger partial charge in [0.25, 0.3) is 5.91 Å². The summed E-state index contributed by atoms with van der Waals surface area (Å²) < 4.78 is 2.78. The van der Waals surface area contributed by atoms with Crippen LogP contribution in [0.2, 0.25) is 0 Å². The van der Waals surface area contributed by atoms with E-state index in [1.807, 2.05) is 26.0 Å². The van der Waals surface area contributed by atoms with Crippen LogP contribution >= 0.6 is 11.3 Å². The highest BCUT2D eigenvalue weighted by atomic mass is 32.1. The van der Waals surface area contributed by atoms with E-state index in [-0.39, 0.29) is 5.91 Å². The van der Waals surface area contributed by atoms with Gasteiger partial charge in [0.15, 0.2) is 6.29 Å². The van der Waals surface area contributed by atoms with Crippen LogP contribution in [0, 0.1) is 6.92 Å². The molecule has 0 spiro atoms. The first-order chi connectivity index (χ1) is 13.1. The number of aromatic nitrogens is 3. The van der Waals surface area contributed by atoms with Gasteiger partial charge in [0, 0.05) is 12.7 Å². The lowest BCUT2D eigenvalue weighted by Crippen LogP contribution is -2.23. The van der Waals surface area contributed by atoms with Crippen LogP contribution in [0.1, 0.15) is 44.0 Å². The number of fused-ring (bicyclic) bond motifs is 2. The van der Waals surface area contributed by atoms with E-state index in [0.29, 0.717) is 35.6 Å². The molecule has 4 aromatic rings. The minimum absolute atomic E-state index is 0.216. The summed E-state index contributed by atoms with van der Waals surface area (Å²) in [7, 11) is 0. The number of aryl methyl sites for hydroxylation is 2. The molecule has 0 radical (unpaired) electrons. The van der Waals surface area contributed by atoms with Crippen molar-refractivity contribution >= 4 is 39.4 Å². The summed E-state index contributed by atoms with van der Waals surface area (Å²) in [4.78, 5) is 33.1. The zero-order valence-electron chi connectivity index (χ0n) is 15.0. The maximum Gasteiger partial charge on any atom is 0.255 e. The number of nitrogens with one attached hydrogen (secondary N) is 1. The Kier molecular flexibility index (Phi) is 4.45. The molecule has 3 heterocycles. The summed E-state index contributed by atoms with van der Waals surface area (Å²) in [6, 6.07) is 9.47. The summed E-state index contributed by atoms with van der Waals surface area (Å²) in [6.07, 6.45) is 3.17. The van der Waals surface area contributed by atoms with Crippen molar-refractivity contribution in [3.05, 3.63) is 64.1 Å². The molecule has 1 amide bonds. The topological polar surface area (TPSA) is 76.4 Å². The van der Waals surface area contributed by atoms with Gasteiger partial charge in [-0.05, 0) is 43.2 Å². The summed E-state index contributed by atoms with van der Waals surface area (Å²) in [5.41, 5.74) is 4.13. The van der Waals surface area contributed by atoms with Gasteiger partial charge in [0.2, 0.25) is 0 Å². The molecule has 0 saturated carbocycles. The minimum atomic E-state index is -0.216. The third-order valence-corrected chi connectivity index (χ3v) is 5.40. The van der Waals surface area contributed by atoms with Gasteiger partial charge in [-0.3, -0.25) is 14.0 Å². The van der Waals surface area contributed by atoms with Crippen molar-refractivity contribution in [1.29, 1.82) is 0 Å². The van der Waals surface area contributed by atoms with Crippen LogP contribution in [-0.2, 0) is 13.0 Å². The third kappa shape index (κ3) is 3.10. The molecule has 1 aromatic carbocycles. The van der Waals surface area contributed by atoms with Crippen molar-refractivity contribution < 1.29 is 9.59 Å². The number of imidazole rings is 1. The van der Waals surface area contributed by atoms with Crippen molar-refractivity contribution in [1.82, 2.24) is 19.7 Å². The van der Waals surface area contributed by atoms with Crippen LogP contribution in [-0.4, -0.2) is 26.6 Å². The second-order valence-corrected chi connectivity index (χ2v) is 7.48. The Hall–Kier alpha value is -3.06. The van der Waals surface area contributed by atoms with E-state index in [9.17, 15) is 9.59 Å². The average molecular weight is 378 g/mol. The maximum atomic E-state index is 12.7. The summed E-state index contributed by atoms with van der Waals surface area (Å²) in [6.45, 7) is 4.33. The van der Waals surface area contributed by atoms with Gasteiger partial charge in [-0.2, -0.15) is 0 Å². The molecular formula is C20H18N4O2S. The number of carbonyl (C=O) groups is 2. The van der Waals surface area contributed by atoms with Gasteiger partial charge >= 0.3 is 0 Å². The number of hydrogen-bond acceptors (Lipinski definition) is 5. The first-order valence-corrected chi connectivity index (χ1v) is 9.51. The molecule has 0 aliphatic carbocycles. The molecule has 7 heteroatoms. The van der Waals surface area contributed by atoms with Gasteiger partial charge in [-0.15, -0.1) is 11.3 Å². The number of thiazole rings is 1. The highest BCUT2D eigenvalue weighted by Crippen LogP contribution is 2.22. The number of aldehydes is 1. The maximum absolute atomic E-state index is 12.7. The smallest absolute Gasteiger partial charge is 0.255 e. The Morgan fingerprint density at radius 1 is 1.30 bits per heavy atom. The molecule has 136 valence electrons. The summed E-state index contributed by atoms with van der Waals surface area (Å²) in [5.74, 6) is -0.216. The fraction of sp³-hybridized carbons (Fsp3) is 0.200. The fourth-order valence-corrected chi connectivity index (χ4v) is 4.06. The predicted molar refractivity (Wildman–Crippen MR) is 105 cm³/mol. The van der Waals surface area contributed by atoms with Crippen LogP contribution in [0.3, 0.4) is 0 Å². The lowest BCUT2D eigenvalue weighted by molar-refractivity contribution is 0.0951. The standard InChI is InChI=1S/C20H18N4O2S/c1-3-15-17(11-25)24-8-4-5-14(19(24)23-15)20(26)21-10-13-6-7-16-18(9-13)27-12(2)22-16/h4-9,11H,3,10H2,1-2H3,(H,21,26). The zero-order chi connectivity index (χ0) is 19.0. The second-order valence-electron chi connectivity index (χ2n) is 6.25. The number of carbonyl (C=O) groups excluding carboxylic acids is 2. The van der Waals surface area contributed by atoms with Crippen molar-refractivity contribution in [2.24, 2.45) is 0 Å². The Bertz CT molecular complexity index is 1180. The van der Waals surface area contributed by atoms with Crippen LogP contribution in [0.5, 0.6) is 0 Å². The SMILES string of the molecule is CCc1nc2c(C(=O)NCc3ccc4nc(C)sc4c3)cccn2c1C=O.